The van der Waals surface area contributed by atoms with Gasteiger partial charge in [0.2, 0.25) is 6.79 Å². The van der Waals surface area contributed by atoms with Crippen LogP contribution in [0.15, 0.2) is 12.1 Å². The largest absolute Gasteiger partial charge is 0.454 e. The van der Waals surface area contributed by atoms with E-state index in [4.69, 9.17) is 9.47 Å². The minimum absolute atomic E-state index is 0.00407. The van der Waals surface area contributed by atoms with Crippen LogP contribution in [0.1, 0.15) is 34.7 Å². The molecule has 4 rings (SSSR count). The summed E-state index contributed by atoms with van der Waals surface area (Å²) in [6.07, 6.45) is -0.481. The maximum Gasteiger partial charge on any atom is 0.252 e. The third-order valence-corrected chi connectivity index (χ3v) is 4.46. The highest BCUT2D eigenvalue weighted by Crippen LogP contribution is 2.43. The monoisotopic (exact) mass is 277 g/mol. The Hall–Kier alpha value is -1.79. The first-order chi connectivity index (χ1) is 9.65. The van der Waals surface area contributed by atoms with Crippen molar-refractivity contribution in [1.29, 1.82) is 0 Å². The van der Waals surface area contributed by atoms with E-state index in [0.29, 0.717) is 23.5 Å². The number of fused-ring (bicyclic) bond motifs is 4. The minimum atomic E-state index is -0.934. The number of hydrogen-bond donors (Lipinski definition) is 3. The van der Waals surface area contributed by atoms with Crippen molar-refractivity contribution in [1.82, 2.24) is 5.32 Å². The van der Waals surface area contributed by atoms with Crippen LogP contribution in [0.4, 0.5) is 0 Å². The van der Waals surface area contributed by atoms with Gasteiger partial charge in [-0.15, -0.1) is 0 Å². The van der Waals surface area contributed by atoms with Gasteiger partial charge in [0.1, 0.15) is 6.10 Å². The Morgan fingerprint density at radius 2 is 1.90 bits per heavy atom. The first-order valence-electron chi connectivity index (χ1n) is 6.75. The number of aliphatic hydroxyl groups is 2. The van der Waals surface area contributed by atoms with Crippen molar-refractivity contribution in [2.45, 2.75) is 37.0 Å². The third-order valence-electron chi connectivity index (χ3n) is 4.46. The second kappa shape index (κ2) is 4.10. The summed E-state index contributed by atoms with van der Waals surface area (Å²) in [5.41, 5.74) is 1.44. The van der Waals surface area contributed by atoms with Crippen LogP contribution < -0.4 is 14.8 Å². The number of nitrogens with one attached hydrogen (secondary N) is 1. The molecule has 6 nitrogen and oxygen atoms in total. The molecule has 4 atom stereocenters. The Morgan fingerprint density at radius 1 is 1.15 bits per heavy atom. The van der Waals surface area contributed by atoms with Crippen LogP contribution in [0.25, 0.3) is 0 Å². The summed E-state index contributed by atoms with van der Waals surface area (Å²) in [6.45, 7) is 0.162. The van der Waals surface area contributed by atoms with Gasteiger partial charge < -0.3 is 25.0 Å². The van der Waals surface area contributed by atoms with Crippen molar-refractivity contribution >= 4 is 5.91 Å². The number of hydrogen-bond acceptors (Lipinski definition) is 5. The highest BCUT2D eigenvalue weighted by molar-refractivity contribution is 5.98. The van der Waals surface area contributed by atoms with Crippen LogP contribution in [0.2, 0.25) is 0 Å². The standard InChI is InChI=1S/C14H15NO5/c16-9-2-1-6-7-3-10-11(20-5-19-10)4-8(7)14(18)15-12(6)13(9)17/h3-4,6,9,12-13,16-17H,1-2,5H2,(H,15,18)/t6-,9-,12-,13-/m1/s1. The Balaban J connectivity index is 1.81. The molecule has 1 amide bonds. The van der Waals surface area contributed by atoms with E-state index in [0.717, 1.165) is 12.0 Å². The second-order valence-corrected chi connectivity index (χ2v) is 5.53. The molecule has 2 heterocycles. The van der Waals surface area contributed by atoms with Crippen LogP contribution in [-0.2, 0) is 0 Å². The van der Waals surface area contributed by atoms with Crippen molar-refractivity contribution < 1.29 is 24.5 Å². The molecule has 1 aromatic rings. The lowest BCUT2D eigenvalue weighted by Gasteiger charge is -2.42. The van der Waals surface area contributed by atoms with Gasteiger partial charge in [0.15, 0.2) is 11.5 Å². The molecule has 106 valence electrons. The Labute approximate surface area is 115 Å². The molecule has 0 aromatic heterocycles. The summed E-state index contributed by atoms with van der Waals surface area (Å²) < 4.78 is 10.7. The van der Waals surface area contributed by atoms with Gasteiger partial charge >= 0.3 is 0 Å². The fourth-order valence-electron chi connectivity index (χ4n) is 3.40. The van der Waals surface area contributed by atoms with Crippen molar-refractivity contribution in [3.05, 3.63) is 23.3 Å². The summed E-state index contributed by atoms with van der Waals surface area (Å²) >= 11 is 0. The SMILES string of the molecule is O=C1N[C@H]2[C@H](O)[C@H](O)CC[C@@H]2c2cc3c(cc21)OCO3. The average molecular weight is 277 g/mol. The number of benzene rings is 1. The fourth-order valence-corrected chi connectivity index (χ4v) is 3.40. The first-order valence-corrected chi connectivity index (χ1v) is 6.75. The summed E-state index contributed by atoms with van der Waals surface area (Å²) in [7, 11) is 0. The second-order valence-electron chi connectivity index (χ2n) is 5.53. The Bertz CT molecular complexity index is 587. The number of carbonyl (C=O) groups excluding carboxylic acids is 1. The number of rotatable bonds is 0. The van der Waals surface area contributed by atoms with Crippen LogP contribution >= 0.6 is 0 Å². The van der Waals surface area contributed by atoms with E-state index in [-0.39, 0.29) is 18.6 Å². The lowest BCUT2D eigenvalue weighted by atomic mass is 9.73. The summed E-state index contributed by atoms with van der Waals surface area (Å²) in [5, 5.41) is 22.6. The molecule has 1 aliphatic carbocycles. The Kier molecular flexibility index (Phi) is 2.46. The molecule has 0 unspecified atom stereocenters. The number of amides is 1. The molecule has 1 aromatic carbocycles. The molecule has 0 bridgehead atoms. The lowest BCUT2D eigenvalue weighted by molar-refractivity contribution is -0.0367. The molecule has 0 radical (unpaired) electrons. The van der Waals surface area contributed by atoms with Gasteiger partial charge in [0.25, 0.3) is 5.91 Å². The van der Waals surface area contributed by atoms with Crippen LogP contribution in [-0.4, -0.2) is 41.2 Å². The van der Waals surface area contributed by atoms with Crippen molar-refractivity contribution in [3.8, 4) is 11.5 Å². The zero-order valence-electron chi connectivity index (χ0n) is 10.7. The Morgan fingerprint density at radius 3 is 2.70 bits per heavy atom. The molecular formula is C14H15NO5. The van der Waals surface area contributed by atoms with E-state index in [1.165, 1.54) is 0 Å². The average Bonchev–Trinajstić information content (AvgIpc) is 2.89. The molecule has 20 heavy (non-hydrogen) atoms. The van der Waals surface area contributed by atoms with Gasteiger partial charge in [-0.05, 0) is 30.5 Å². The van der Waals surface area contributed by atoms with Crippen LogP contribution in [0.3, 0.4) is 0 Å². The first kappa shape index (κ1) is 12.0. The van der Waals surface area contributed by atoms with Crippen LogP contribution in [0.5, 0.6) is 11.5 Å². The third kappa shape index (κ3) is 1.55. The van der Waals surface area contributed by atoms with Crippen LogP contribution in [0, 0.1) is 0 Å². The zero-order valence-corrected chi connectivity index (χ0v) is 10.7. The summed E-state index contributed by atoms with van der Waals surface area (Å²) in [4.78, 5) is 12.2. The number of carbonyl (C=O) groups is 1. The van der Waals surface area contributed by atoms with Gasteiger partial charge in [0, 0.05) is 11.5 Å². The van der Waals surface area contributed by atoms with Crippen molar-refractivity contribution in [3.63, 3.8) is 0 Å². The van der Waals surface area contributed by atoms with E-state index >= 15 is 0 Å². The van der Waals surface area contributed by atoms with Gasteiger partial charge in [-0.2, -0.15) is 0 Å². The molecular weight excluding hydrogens is 262 g/mol. The quantitative estimate of drug-likeness (QED) is 0.627. The molecule has 2 aliphatic heterocycles. The van der Waals surface area contributed by atoms with E-state index < -0.39 is 18.2 Å². The van der Waals surface area contributed by atoms with Gasteiger partial charge in [0.05, 0.1) is 12.1 Å². The molecule has 3 aliphatic rings. The molecule has 1 fully saturated rings. The van der Waals surface area contributed by atoms with Crippen molar-refractivity contribution in [2.75, 3.05) is 6.79 Å². The smallest absolute Gasteiger partial charge is 0.252 e. The number of aliphatic hydroxyl groups excluding tert-OH is 2. The highest BCUT2D eigenvalue weighted by atomic mass is 16.7. The number of ether oxygens (including phenoxy) is 2. The molecule has 1 saturated carbocycles. The van der Waals surface area contributed by atoms with Gasteiger partial charge in [-0.3, -0.25) is 4.79 Å². The lowest BCUT2D eigenvalue weighted by Crippen LogP contribution is -2.57. The van der Waals surface area contributed by atoms with E-state index in [1.54, 1.807) is 6.07 Å². The predicted molar refractivity (Wildman–Crippen MR) is 67.8 cm³/mol. The highest BCUT2D eigenvalue weighted by Gasteiger charge is 2.44. The minimum Gasteiger partial charge on any atom is -0.454 e. The molecule has 0 spiro atoms. The normalized spacial score (nSPS) is 34.2. The fraction of sp³-hybridized carbons (Fsp3) is 0.500. The summed E-state index contributed by atoms with van der Waals surface area (Å²) in [6, 6.07) is 3.08. The van der Waals surface area contributed by atoms with Gasteiger partial charge in [-0.25, -0.2) is 0 Å². The van der Waals surface area contributed by atoms with Crippen molar-refractivity contribution in [2.24, 2.45) is 0 Å². The van der Waals surface area contributed by atoms with E-state index in [9.17, 15) is 15.0 Å². The summed E-state index contributed by atoms with van der Waals surface area (Å²) in [5.74, 6) is 0.967. The predicted octanol–water partition coefficient (Wildman–Crippen LogP) is 0.126. The zero-order chi connectivity index (χ0) is 13.9. The molecule has 3 N–H and O–H groups in total. The molecule has 0 saturated heterocycles. The maximum atomic E-state index is 12.2. The topological polar surface area (TPSA) is 88.0 Å². The maximum absolute atomic E-state index is 12.2. The van der Waals surface area contributed by atoms with E-state index in [2.05, 4.69) is 5.32 Å². The molecule has 6 heteroatoms. The van der Waals surface area contributed by atoms with Gasteiger partial charge in [-0.1, -0.05) is 0 Å². The van der Waals surface area contributed by atoms with E-state index in [1.807, 2.05) is 6.07 Å².